The van der Waals surface area contributed by atoms with Gasteiger partial charge in [0.1, 0.15) is 36.8 Å². The number of hydrogen-bond donors (Lipinski definition) is 3. The third-order valence-corrected chi connectivity index (χ3v) is 5.51. The summed E-state index contributed by atoms with van der Waals surface area (Å²) in [6, 6.07) is 4.72. The van der Waals surface area contributed by atoms with Crippen molar-refractivity contribution in [1.82, 2.24) is 9.78 Å². The molecule has 0 bridgehead atoms. The Kier molecular flexibility index (Phi) is 5.99. The highest BCUT2D eigenvalue weighted by molar-refractivity contribution is 5.59. The van der Waals surface area contributed by atoms with Gasteiger partial charge in [-0.25, -0.2) is 4.79 Å². The fourth-order valence-electron chi connectivity index (χ4n) is 3.64. The van der Waals surface area contributed by atoms with E-state index in [1.807, 2.05) is 0 Å². The number of aliphatic hydroxyl groups excluding tert-OH is 3. The first-order chi connectivity index (χ1) is 21.5. The van der Waals surface area contributed by atoms with Crippen molar-refractivity contribution >= 4 is 6.16 Å². The van der Waals surface area contributed by atoms with Crippen LogP contribution in [0.15, 0.2) is 24.3 Å². The summed E-state index contributed by atoms with van der Waals surface area (Å²) in [6.07, 6.45) is -13.0. The zero-order valence-electron chi connectivity index (χ0n) is 30.6. The van der Waals surface area contributed by atoms with Crippen molar-refractivity contribution in [3.8, 4) is 11.6 Å². The number of benzene rings is 1. The molecule has 3 N–H and O–H groups in total. The standard InChI is InChI=1S/C26H38N2O9/c1-7-33-26(32)34-13-20-21(29)22(30)23(31)25(36-20)37-24-19(16(6)28(27-24)14(2)3)12-17-8-10-18(11-9-17)35-15(4)5/h8-11,14-15,20-23,25,29-31H,7,12-13H2,1-6H3/t20-,21-,22+,23-,25+/m1/s1/i4D3,5D3,6D3,15D. The third-order valence-electron chi connectivity index (χ3n) is 5.51. The van der Waals surface area contributed by atoms with Crippen molar-refractivity contribution in [3.63, 3.8) is 0 Å². The molecule has 0 unspecified atom stereocenters. The Morgan fingerprint density at radius 2 is 1.89 bits per heavy atom. The minimum atomic E-state index is -3.33. The molecule has 11 heteroatoms. The first kappa shape index (κ1) is 17.6. The smallest absolute Gasteiger partial charge is 0.491 e. The van der Waals surface area contributed by atoms with E-state index in [1.54, 1.807) is 20.8 Å². The maximum atomic E-state index is 11.6. The molecule has 0 spiro atoms. The van der Waals surface area contributed by atoms with Gasteiger partial charge in [-0.3, -0.25) is 4.68 Å². The molecule has 1 saturated heterocycles. The van der Waals surface area contributed by atoms with Gasteiger partial charge < -0.3 is 39.0 Å². The van der Waals surface area contributed by atoms with Crippen LogP contribution in [0.3, 0.4) is 0 Å². The number of carbonyl (C=O) groups excluding carboxylic acids is 1. The van der Waals surface area contributed by atoms with Gasteiger partial charge in [-0.05, 0) is 59.0 Å². The Hall–Kier alpha value is -2.86. The number of nitrogens with zero attached hydrogens (tertiary/aromatic N) is 2. The lowest BCUT2D eigenvalue weighted by Gasteiger charge is -2.39. The van der Waals surface area contributed by atoms with Crippen LogP contribution in [0.4, 0.5) is 4.79 Å². The van der Waals surface area contributed by atoms with Crippen LogP contribution in [0, 0.1) is 6.85 Å². The molecule has 0 radical (unpaired) electrons. The predicted octanol–water partition coefficient (Wildman–Crippen LogP) is 2.51. The summed E-state index contributed by atoms with van der Waals surface area (Å²) in [5.41, 5.74) is 0.185. The molecular weight excluding hydrogens is 484 g/mol. The van der Waals surface area contributed by atoms with Crippen LogP contribution in [0.25, 0.3) is 0 Å². The molecule has 5 atom stereocenters. The van der Waals surface area contributed by atoms with Gasteiger partial charge in [0, 0.05) is 36.1 Å². The molecule has 11 nitrogen and oxygen atoms in total. The zero-order valence-corrected chi connectivity index (χ0v) is 20.6. The quantitative estimate of drug-likeness (QED) is 0.391. The van der Waals surface area contributed by atoms with Crippen LogP contribution in [-0.2, 0) is 20.6 Å². The maximum absolute atomic E-state index is 11.6. The van der Waals surface area contributed by atoms with E-state index in [0.29, 0.717) is 5.56 Å². The second kappa shape index (κ2) is 12.6. The van der Waals surface area contributed by atoms with Crippen molar-refractivity contribution in [1.29, 1.82) is 0 Å². The summed E-state index contributed by atoms with van der Waals surface area (Å²) in [7, 11) is 0. The first-order valence-corrected chi connectivity index (χ1v) is 11.6. The Morgan fingerprint density at radius 3 is 2.51 bits per heavy atom. The second-order valence-electron chi connectivity index (χ2n) is 8.55. The summed E-state index contributed by atoms with van der Waals surface area (Å²) in [5.74, 6) is -0.554. The number of aliphatic hydroxyl groups is 3. The normalized spacial score (nSPS) is 29.1. The van der Waals surface area contributed by atoms with Crippen molar-refractivity contribution in [2.45, 2.75) is 90.6 Å². The lowest BCUT2D eigenvalue weighted by molar-refractivity contribution is -0.278. The summed E-state index contributed by atoms with van der Waals surface area (Å²) in [6.45, 7) is -5.10. The van der Waals surface area contributed by atoms with Crippen LogP contribution in [-0.4, -0.2) is 81.3 Å². The van der Waals surface area contributed by atoms with Gasteiger partial charge in [-0.1, -0.05) is 12.1 Å². The van der Waals surface area contributed by atoms with Gasteiger partial charge in [0.25, 0.3) is 0 Å². The van der Waals surface area contributed by atoms with E-state index in [9.17, 15) is 20.1 Å². The second-order valence-corrected chi connectivity index (χ2v) is 8.55. The lowest BCUT2D eigenvalue weighted by atomic mass is 9.99. The number of ether oxygens (including phenoxy) is 5. The van der Waals surface area contributed by atoms with E-state index in [1.165, 1.54) is 28.9 Å². The number of aromatic nitrogens is 2. The highest BCUT2D eigenvalue weighted by Gasteiger charge is 2.46. The van der Waals surface area contributed by atoms with Gasteiger partial charge in [0.2, 0.25) is 12.2 Å². The molecule has 1 aliphatic heterocycles. The molecule has 1 aliphatic rings. The lowest BCUT2D eigenvalue weighted by Crippen LogP contribution is -2.60. The van der Waals surface area contributed by atoms with Crippen LogP contribution in [0.1, 0.15) is 71.0 Å². The van der Waals surface area contributed by atoms with Crippen molar-refractivity contribution in [2.75, 3.05) is 13.2 Å². The molecule has 3 rings (SSSR count). The Bertz CT molecular complexity index is 1350. The molecule has 2 aromatic rings. The topological polar surface area (TPSA) is 142 Å². The van der Waals surface area contributed by atoms with E-state index < -0.39 is 76.1 Å². The number of rotatable bonds is 10. The van der Waals surface area contributed by atoms with Gasteiger partial charge in [0.15, 0.2) is 0 Å². The molecule has 0 aliphatic carbocycles. The van der Waals surface area contributed by atoms with Gasteiger partial charge >= 0.3 is 6.16 Å². The van der Waals surface area contributed by atoms with Gasteiger partial charge in [-0.2, -0.15) is 0 Å². The molecular formula is C26H38N2O9. The van der Waals surface area contributed by atoms with Gasteiger partial charge in [-0.15, -0.1) is 5.10 Å². The third kappa shape index (κ3) is 7.13. The average Bonchev–Trinajstić information content (AvgIpc) is 3.31. The summed E-state index contributed by atoms with van der Waals surface area (Å²) in [5, 5.41) is 35.8. The monoisotopic (exact) mass is 532 g/mol. The fourth-order valence-corrected chi connectivity index (χ4v) is 3.64. The minimum absolute atomic E-state index is 0.0122. The molecule has 2 heterocycles. The molecule has 0 amide bonds. The molecule has 1 aromatic heterocycles. The van der Waals surface area contributed by atoms with Crippen molar-refractivity contribution < 1.29 is 57.5 Å². The maximum Gasteiger partial charge on any atom is 0.508 e. The molecule has 206 valence electrons. The first-order valence-electron chi connectivity index (χ1n) is 16.6. The molecule has 0 saturated carbocycles. The van der Waals surface area contributed by atoms with E-state index in [4.69, 9.17) is 32.7 Å². The van der Waals surface area contributed by atoms with E-state index in [2.05, 4.69) is 9.84 Å². The van der Waals surface area contributed by atoms with E-state index in [0.717, 1.165) is 0 Å². The van der Waals surface area contributed by atoms with Crippen LogP contribution in [0.2, 0.25) is 0 Å². The van der Waals surface area contributed by atoms with E-state index in [-0.39, 0.29) is 35.9 Å². The van der Waals surface area contributed by atoms with E-state index >= 15 is 0 Å². The predicted molar refractivity (Wildman–Crippen MR) is 133 cm³/mol. The van der Waals surface area contributed by atoms with Gasteiger partial charge in [0.05, 0.1) is 14.1 Å². The highest BCUT2D eigenvalue weighted by Crippen LogP contribution is 2.31. The number of hydrogen-bond acceptors (Lipinski definition) is 10. The Labute approximate surface area is 230 Å². The minimum Gasteiger partial charge on any atom is -0.491 e. The Morgan fingerprint density at radius 1 is 1.16 bits per heavy atom. The summed E-state index contributed by atoms with van der Waals surface area (Å²) in [4.78, 5) is 11.6. The molecule has 1 fully saturated rings. The Balaban J connectivity index is 1.97. The van der Waals surface area contributed by atoms with Crippen LogP contribution in [0.5, 0.6) is 11.6 Å². The highest BCUT2D eigenvalue weighted by atomic mass is 16.7. The van der Waals surface area contributed by atoms with Crippen LogP contribution < -0.4 is 9.47 Å². The SMILES string of the molecule is [2H]C([2H])([2H])c1c(Cc2ccc(OC([2H])(C([2H])([2H])[2H])C([2H])([2H])[2H])cc2)c(O[C@@H]2O[C@H](COC(=O)OCC)[C@@H](O)[C@H](O)[C@H]2O)nn1C(C)C. The van der Waals surface area contributed by atoms with Crippen molar-refractivity contribution in [3.05, 3.63) is 41.1 Å². The van der Waals surface area contributed by atoms with Crippen molar-refractivity contribution in [2.24, 2.45) is 0 Å². The molecule has 37 heavy (non-hydrogen) atoms. The largest absolute Gasteiger partial charge is 0.508 e. The molecule has 1 aromatic carbocycles. The summed E-state index contributed by atoms with van der Waals surface area (Å²) < 4.78 is 105. The fraction of sp³-hybridized carbons (Fsp3) is 0.615. The summed E-state index contributed by atoms with van der Waals surface area (Å²) >= 11 is 0. The zero-order chi connectivity index (χ0) is 35.7. The average molecular weight is 533 g/mol. The number of carbonyl (C=O) groups is 1. The van der Waals surface area contributed by atoms with Crippen LogP contribution >= 0.6 is 0 Å².